The van der Waals surface area contributed by atoms with Crippen LogP contribution in [0.1, 0.15) is 32.6 Å². The smallest absolute Gasteiger partial charge is 0.219 e. The molecule has 1 atom stereocenters. The van der Waals surface area contributed by atoms with Gasteiger partial charge >= 0.3 is 0 Å². The highest BCUT2D eigenvalue weighted by atomic mass is 16.5. The van der Waals surface area contributed by atoms with Gasteiger partial charge in [0.25, 0.3) is 0 Å². The minimum atomic E-state index is -0.344. The van der Waals surface area contributed by atoms with E-state index in [4.69, 9.17) is 9.84 Å². The lowest BCUT2D eigenvalue weighted by Gasteiger charge is -2.06. The molecule has 0 aromatic rings. The Kier molecular flexibility index (Phi) is 8.57. The lowest BCUT2D eigenvalue weighted by atomic mass is 10.2. The summed E-state index contributed by atoms with van der Waals surface area (Å²) in [4.78, 5) is 11.2. The van der Waals surface area contributed by atoms with Gasteiger partial charge in [-0.3, -0.25) is 4.79 Å². The molecule has 4 nitrogen and oxygen atoms in total. The molecule has 0 saturated carbocycles. The first-order valence-corrected chi connectivity index (χ1v) is 5.10. The fraction of sp³-hybridized carbons (Fsp3) is 0.900. The summed E-state index contributed by atoms with van der Waals surface area (Å²) in [6.07, 6.45) is 2.59. The van der Waals surface area contributed by atoms with Crippen LogP contribution in [-0.4, -0.2) is 37.4 Å². The van der Waals surface area contributed by atoms with Crippen LogP contribution in [0.25, 0.3) is 0 Å². The molecule has 0 aliphatic rings. The number of ether oxygens (including phenoxy) is 1. The van der Waals surface area contributed by atoms with Crippen molar-refractivity contribution in [3.05, 3.63) is 0 Å². The molecule has 84 valence electrons. The SMILES string of the molecule is COCCCCC(=O)NCCC(C)O. The first-order chi connectivity index (χ1) is 6.66. The second kappa shape index (κ2) is 8.97. The van der Waals surface area contributed by atoms with Crippen molar-refractivity contribution < 1.29 is 14.6 Å². The summed E-state index contributed by atoms with van der Waals surface area (Å²) >= 11 is 0. The van der Waals surface area contributed by atoms with Gasteiger partial charge < -0.3 is 15.2 Å². The van der Waals surface area contributed by atoms with Gasteiger partial charge in [-0.05, 0) is 26.2 Å². The van der Waals surface area contributed by atoms with Gasteiger partial charge in [-0.2, -0.15) is 0 Å². The Morgan fingerprint density at radius 1 is 1.50 bits per heavy atom. The number of aliphatic hydroxyl groups is 1. The van der Waals surface area contributed by atoms with Crippen LogP contribution >= 0.6 is 0 Å². The number of carbonyl (C=O) groups is 1. The van der Waals surface area contributed by atoms with Crippen molar-refractivity contribution in [1.82, 2.24) is 5.32 Å². The van der Waals surface area contributed by atoms with Crippen molar-refractivity contribution >= 4 is 5.91 Å². The summed E-state index contributed by atoms with van der Waals surface area (Å²) < 4.78 is 4.87. The molecule has 0 rings (SSSR count). The van der Waals surface area contributed by atoms with E-state index in [1.165, 1.54) is 0 Å². The highest BCUT2D eigenvalue weighted by Crippen LogP contribution is 1.95. The number of amides is 1. The van der Waals surface area contributed by atoms with Crippen LogP contribution in [0.3, 0.4) is 0 Å². The molecular formula is C10H21NO3. The van der Waals surface area contributed by atoms with E-state index in [1.807, 2.05) is 0 Å². The third-order valence-electron chi connectivity index (χ3n) is 1.89. The number of nitrogens with one attached hydrogen (secondary N) is 1. The number of carbonyl (C=O) groups excluding carboxylic acids is 1. The van der Waals surface area contributed by atoms with E-state index >= 15 is 0 Å². The van der Waals surface area contributed by atoms with Crippen LogP contribution in [0.2, 0.25) is 0 Å². The monoisotopic (exact) mass is 203 g/mol. The summed E-state index contributed by atoms with van der Waals surface area (Å²) in [5.74, 6) is 0.0572. The normalized spacial score (nSPS) is 12.5. The Balaban J connectivity index is 3.20. The number of unbranched alkanes of at least 4 members (excludes halogenated alkanes) is 1. The number of aliphatic hydroxyl groups excluding tert-OH is 1. The standard InChI is InChI=1S/C10H21NO3/c1-9(12)6-7-11-10(13)5-3-4-8-14-2/h9,12H,3-8H2,1-2H3,(H,11,13). The first-order valence-electron chi connectivity index (χ1n) is 5.10. The Bertz CT molecular complexity index is 148. The van der Waals surface area contributed by atoms with Crippen molar-refractivity contribution in [2.75, 3.05) is 20.3 Å². The number of methoxy groups -OCH3 is 1. The first kappa shape index (κ1) is 13.4. The third kappa shape index (κ3) is 9.48. The topological polar surface area (TPSA) is 58.6 Å². The van der Waals surface area contributed by atoms with E-state index in [9.17, 15) is 4.79 Å². The molecule has 14 heavy (non-hydrogen) atoms. The Labute approximate surface area is 85.6 Å². The summed E-state index contributed by atoms with van der Waals surface area (Å²) in [5, 5.41) is 11.7. The fourth-order valence-electron chi connectivity index (χ4n) is 1.04. The van der Waals surface area contributed by atoms with Crippen molar-refractivity contribution in [1.29, 1.82) is 0 Å². The van der Waals surface area contributed by atoms with Crippen molar-refractivity contribution in [2.24, 2.45) is 0 Å². The summed E-state index contributed by atoms with van der Waals surface area (Å²) in [7, 11) is 1.66. The zero-order chi connectivity index (χ0) is 10.8. The van der Waals surface area contributed by atoms with Gasteiger partial charge in [-0.15, -0.1) is 0 Å². The molecule has 0 aromatic carbocycles. The maximum Gasteiger partial charge on any atom is 0.219 e. The second-order valence-corrected chi connectivity index (χ2v) is 3.44. The Morgan fingerprint density at radius 3 is 2.79 bits per heavy atom. The maximum absolute atomic E-state index is 11.2. The molecule has 0 heterocycles. The molecule has 0 aliphatic carbocycles. The number of hydrogen-bond donors (Lipinski definition) is 2. The molecule has 0 spiro atoms. The third-order valence-corrected chi connectivity index (χ3v) is 1.89. The van der Waals surface area contributed by atoms with Crippen LogP contribution in [-0.2, 0) is 9.53 Å². The molecule has 0 aromatic heterocycles. The largest absolute Gasteiger partial charge is 0.393 e. The van der Waals surface area contributed by atoms with Gasteiger partial charge in [-0.25, -0.2) is 0 Å². The zero-order valence-electron chi connectivity index (χ0n) is 9.08. The van der Waals surface area contributed by atoms with Gasteiger partial charge in [0.05, 0.1) is 6.10 Å². The van der Waals surface area contributed by atoms with Crippen molar-refractivity contribution in [3.8, 4) is 0 Å². The van der Waals surface area contributed by atoms with E-state index in [-0.39, 0.29) is 12.0 Å². The average molecular weight is 203 g/mol. The molecule has 0 fully saturated rings. The molecule has 0 bridgehead atoms. The van der Waals surface area contributed by atoms with Crippen LogP contribution in [0.5, 0.6) is 0 Å². The quantitative estimate of drug-likeness (QED) is 0.571. The predicted octanol–water partition coefficient (Wildman–Crippen LogP) is 0.690. The van der Waals surface area contributed by atoms with E-state index in [0.29, 0.717) is 26.0 Å². The second-order valence-electron chi connectivity index (χ2n) is 3.44. The number of rotatable bonds is 8. The minimum absolute atomic E-state index is 0.0572. The van der Waals surface area contributed by atoms with Crippen LogP contribution in [0, 0.1) is 0 Å². The fourth-order valence-corrected chi connectivity index (χ4v) is 1.04. The molecule has 1 unspecified atom stereocenters. The van der Waals surface area contributed by atoms with E-state index in [0.717, 1.165) is 12.8 Å². The van der Waals surface area contributed by atoms with Gasteiger partial charge in [-0.1, -0.05) is 0 Å². The Morgan fingerprint density at radius 2 is 2.21 bits per heavy atom. The molecule has 1 amide bonds. The van der Waals surface area contributed by atoms with E-state index in [2.05, 4.69) is 5.32 Å². The van der Waals surface area contributed by atoms with E-state index in [1.54, 1.807) is 14.0 Å². The van der Waals surface area contributed by atoms with Crippen LogP contribution in [0.4, 0.5) is 0 Å². The number of hydrogen-bond acceptors (Lipinski definition) is 3. The van der Waals surface area contributed by atoms with Gasteiger partial charge in [0, 0.05) is 26.7 Å². The molecule has 2 N–H and O–H groups in total. The van der Waals surface area contributed by atoms with Crippen LogP contribution < -0.4 is 5.32 Å². The summed E-state index contributed by atoms with van der Waals surface area (Å²) in [6.45, 7) is 2.98. The van der Waals surface area contributed by atoms with Crippen molar-refractivity contribution in [3.63, 3.8) is 0 Å². The zero-order valence-corrected chi connectivity index (χ0v) is 9.08. The van der Waals surface area contributed by atoms with E-state index < -0.39 is 0 Å². The lowest BCUT2D eigenvalue weighted by Crippen LogP contribution is -2.26. The highest BCUT2D eigenvalue weighted by Gasteiger charge is 2.01. The van der Waals surface area contributed by atoms with Gasteiger partial charge in [0.15, 0.2) is 0 Å². The van der Waals surface area contributed by atoms with Gasteiger partial charge in [0.1, 0.15) is 0 Å². The molecule has 0 aliphatic heterocycles. The maximum atomic E-state index is 11.2. The lowest BCUT2D eigenvalue weighted by molar-refractivity contribution is -0.121. The summed E-state index contributed by atoms with van der Waals surface area (Å²) in [5.41, 5.74) is 0. The van der Waals surface area contributed by atoms with Crippen LogP contribution in [0.15, 0.2) is 0 Å². The average Bonchev–Trinajstić information content (AvgIpc) is 2.12. The Hall–Kier alpha value is -0.610. The summed E-state index contributed by atoms with van der Waals surface area (Å²) in [6, 6.07) is 0. The predicted molar refractivity (Wildman–Crippen MR) is 55.0 cm³/mol. The highest BCUT2D eigenvalue weighted by molar-refractivity contribution is 5.75. The molecular weight excluding hydrogens is 182 g/mol. The molecule has 0 radical (unpaired) electrons. The van der Waals surface area contributed by atoms with Gasteiger partial charge in [0.2, 0.25) is 5.91 Å². The molecule has 0 saturated heterocycles. The molecule has 4 heteroatoms. The van der Waals surface area contributed by atoms with Crippen molar-refractivity contribution in [2.45, 2.75) is 38.7 Å². The minimum Gasteiger partial charge on any atom is -0.393 e.